The molecule has 0 saturated carbocycles. The third-order valence-electron chi connectivity index (χ3n) is 12.2. The fraction of sp³-hybridized carbons (Fsp3) is 0. The summed E-state index contributed by atoms with van der Waals surface area (Å²) in [6.45, 7) is 0. The Labute approximate surface area is 381 Å². The number of rotatable bonds is 11. The number of para-hydroxylation sites is 5. The minimum absolute atomic E-state index is 1.09. The lowest BCUT2D eigenvalue weighted by Gasteiger charge is -2.27. The number of benzene rings is 11. The second-order valence-corrected chi connectivity index (χ2v) is 16.1. The Hall–Kier alpha value is -8.66. The molecule has 11 aromatic carbocycles. The van der Waals surface area contributed by atoms with E-state index in [1.807, 2.05) is 0 Å². The molecule has 65 heavy (non-hydrogen) atoms. The van der Waals surface area contributed by atoms with Crippen LogP contribution in [0, 0.1) is 0 Å². The molecule has 0 bridgehead atoms. The molecule has 0 amide bonds. The van der Waals surface area contributed by atoms with Crippen LogP contribution in [-0.4, -0.2) is 0 Å². The van der Waals surface area contributed by atoms with Crippen LogP contribution in [0.3, 0.4) is 0 Å². The molecule has 11 rings (SSSR count). The van der Waals surface area contributed by atoms with Gasteiger partial charge in [0, 0.05) is 50.6 Å². The maximum absolute atomic E-state index is 2.35. The van der Waals surface area contributed by atoms with Gasteiger partial charge in [-0.1, -0.05) is 176 Å². The van der Waals surface area contributed by atoms with Crippen molar-refractivity contribution in [1.29, 1.82) is 0 Å². The minimum Gasteiger partial charge on any atom is -0.311 e. The highest BCUT2D eigenvalue weighted by Crippen LogP contribution is 2.44. The smallest absolute Gasteiger partial charge is 0.0540 e. The molecule has 3 nitrogen and oxygen atoms in total. The van der Waals surface area contributed by atoms with Crippen molar-refractivity contribution >= 4 is 72.7 Å². The molecule has 3 heteroatoms. The van der Waals surface area contributed by atoms with E-state index in [1.165, 1.54) is 43.8 Å². The van der Waals surface area contributed by atoms with E-state index in [0.717, 1.165) is 51.2 Å². The summed E-state index contributed by atoms with van der Waals surface area (Å²) in [5, 5.41) is 4.80. The normalized spacial score (nSPS) is 11.1. The van der Waals surface area contributed by atoms with Gasteiger partial charge in [-0.3, -0.25) is 0 Å². The SMILES string of the molecule is c1ccc(N(c2ccc(-c3cccc4c(N(c5ccccc5)c5ccccc5)cccc34)cc2)c2ccc(-c3cccc4c(N(c5ccccc5)c5ccccc5)cccc34)cc2)cc1. The second-order valence-electron chi connectivity index (χ2n) is 16.1. The van der Waals surface area contributed by atoms with Gasteiger partial charge in [0.2, 0.25) is 0 Å². The van der Waals surface area contributed by atoms with E-state index >= 15 is 0 Å². The molecular formula is C62H45N3. The van der Waals surface area contributed by atoms with E-state index < -0.39 is 0 Å². The molecular weight excluding hydrogens is 787 g/mol. The minimum atomic E-state index is 1.09. The molecule has 11 aromatic rings. The summed E-state index contributed by atoms with van der Waals surface area (Å²) in [4.78, 5) is 7.04. The third kappa shape index (κ3) is 7.66. The Bertz CT molecular complexity index is 3050. The van der Waals surface area contributed by atoms with Crippen molar-refractivity contribution in [1.82, 2.24) is 0 Å². The van der Waals surface area contributed by atoms with Crippen molar-refractivity contribution < 1.29 is 0 Å². The zero-order chi connectivity index (χ0) is 43.4. The van der Waals surface area contributed by atoms with Gasteiger partial charge in [0.05, 0.1) is 11.4 Å². The molecule has 0 aliphatic carbocycles. The van der Waals surface area contributed by atoms with Crippen molar-refractivity contribution in [3.05, 3.63) is 273 Å². The van der Waals surface area contributed by atoms with Gasteiger partial charge in [-0.25, -0.2) is 0 Å². The van der Waals surface area contributed by atoms with E-state index in [-0.39, 0.29) is 0 Å². The Morgan fingerprint density at radius 2 is 0.431 bits per heavy atom. The van der Waals surface area contributed by atoms with Gasteiger partial charge in [0.15, 0.2) is 0 Å². The van der Waals surface area contributed by atoms with Gasteiger partial charge in [0.25, 0.3) is 0 Å². The summed E-state index contributed by atoms with van der Waals surface area (Å²) < 4.78 is 0. The van der Waals surface area contributed by atoms with E-state index in [9.17, 15) is 0 Å². The van der Waals surface area contributed by atoms with E-state index in [4.69, 9.17) is 0 Å². The van der Waals surface area contributed by atoms with Crippen LogP contribution in [0.15, 0.2) is 273 Å². The molecule has 0 radical (unpaired) electrons. The van der Waals surface area contributed by atoms with Crippen LogP contribution in [0.25, 0.3) is 43.8 Å². The number of nitrogens with zero attached hydrogens (tertiary/aromatic N) is 3. The molecule has 308 valence electrons. The Morgan fingerprint density at radius 1 is 0.169 bits per heavy atom. The molecule has 0 atom stereocenters. The Morgan fingerprint density at radius 3 is 0.754 bits per heavy atom. The highest BCUT2D eigenvalue weighted by atomic mass is 15.2. The fourth-order valence-electron chi connectivity index (χ4n) is 9.25. The highest BCUT2D eigenvalue weighted by molar-refractivity contribution is 6.07. The molecule has 0 N–H and O–H groups in total. The summed E-state index contributed by atoms with van der Waals surface area (Å²) in [5.41, 5.74) is 14.8. The first-order chi connectivity index (χ1) is 32.3. The van der Waals surface area contributed by atoms with E-state index in [1.54, 1.807) is 0 Å². The van der Waals surface area contributed by atoms with Gasteiger partial charge < -0.3 is 14.7 Å². The van der Waals surface area contributed by atoms with Gasteiger partial charge in [-0.2, -0.15) is 0 Å². The van der Waals surface area contributed by atoms with Gasteiger partial charge >= 0.3 is 0 Å². The lowest BCUT2D eigenvalue weighted by Crippen LogP contribution is -2.10. The quantitative estimate of drug-likeness (QED) is 0.129. The first-order valence-electron chi connectivity index (χ1n) is 22.2. The van der Waals surface area contributed by atoms with Gasteiger partial charge in [-0.15, -0.1) is 0 Å². The van der Waals surface area contributed by atoms with Crippen molar-refractivity contribution in [3.63, 3.8) is 0 Å². The molecule has 0 aliphatic rings. The van der Waals surface area contributed by atoms with Crippen molar-refractivity contribution in [3.8, 4) is 22.3 Å². The molecule has 0 aromatic heterocycles. The molecule has 0 fully saturated rings. The Kier molecular flexibility index (Phi) is 10.6. The van der Waals surface area contributed by atoms with Crippen molar-refractivity contribution in [2.75, 3.05) is 14.7 Å². The average Bonchev–Trinajstić information content (AvgIpc) is 3.38. The largest absolute Gasteiger partial charge is 0.311 e. The fourth-order valence-corrected chi connectivity index (χ4v) is 9.25. The summed E-state index contributed by atoms with van der Waals surface area (Å²) in [7, 11) is 0. The summed E-state index contributed by atoms with van der Waals surface area (Å²) in [6, 6.07) is 97.7. The first-order valence-corrected chi connectivity index (χ1v) is 22.2. The van der Waals surface area contributed by atoms with Crippen LogP contribution in [0.4, 0.5) is 51.2 Å². The highest BCUT2D eigenvalue weighted by Gasteiger charge is 2.19. The zero-order valence-corrected chi connectivity index (χ0v) is 35.8. The van der Waals surface area contributed by atoms with Crippen LogP contribution in [0.2, 0.25) is 0 Å². The maximum Gasteiger partial charge on any atom is 0.0540 e. The lowest BCUT2D eigenvalue weighted by atomic mass is 9.96. The molecule has 0 spiro atoms. The van der Waals surface area contributed by atoms with E-state index in [2.05, 4.69) is 288 Å². The molecule has 0 saturated heterocycles. The molecule has 0 heterocycles. The van der Waals surface area contributed by atoms with Crippen molar-refractivity contribution in [2.24, 2.45) is 0 Å². The predicted molar refractivity (Wildman–Crippen MR) is 276 cm³/mol. The van der Waals surface area contributed by atoms with Gasteiger partial charge in [0.1, 0.15) is 0 Å². The second kappa shape index (κ2) is 17.6. The summed E-state index contributed by atoms with van der Waals surface area (Å²) >= 11 is 0. The summed E-state index contributed by atoms with van der Waals surface area (Å²) in [5.74, 6) is 0. The number of hydrogen-bond donors (Lipinski definition) is 0. The zero-order valence-electron chi connectivity index (χ0n) is 35.8. The van der Waals surface area contributed by atoms with Crippen LogP contribution < -0.4 is 14.7 Å². The topological polar surface area (TPSA) is 9.72 Å². The molecule has 0 unspecified atom stereocenters. The number of anilines is 9. The van der Waals surface area contributed by atoms with E-state index in [0.29, 0.717) is 0 Å². The monoisotopic (exact) mass is 831 g/mol. The molecule has 0 aliphatic heterocycles. The maximum atomic E-state index is 2.35. The predicted octanol–water partition coefficient (Wildman–Crippen LogP) is 17.7. The van der Waals surface area contributed by atoms with Crippen molar-refractivity contribution in [2.45, 2.75) is 0 Å². The van der Waals surface area contributed by atoms with Crippen LogP contribution in [-0.2, 0) is 0 Å². The summed E-state index contributed by atoms with van der Waals surface area (Å²) in [6.07, 6.45) is 0. The lowest BCUT2D eigenvalue weighted by molar-refractivity contribution is 1.28. The van der Waals surface area contributed by atoms with Crippen LogP contribution >= 0.6 is 0 Å². The first kappa shape index (κ1) is 39.2. The van der Waals surface area contributed by atoms with Gasteiger partial charge in [-0.05, 0) is 130 Å². The standard InChI is InChI=1S/C62H45N3/c1-6-20-48(21-7-1)63(53-42-38-46(39-43-53)55-30-16-34-59-57(55)32-18-36-61(59)64(49-22-8-2-9-23-49)50-24-10-3-11-25-50)54-44-40-47(41-45-54)56-31-17-35-60-58(56)33-19-37-62(60)65(51-26-12-4-13-27-51)52-28-14-5-15-29-52/h1-45H. The van der Waals surface area contributed by atoms with Crippen LogP contribution in [0.1, 0.15) is 0 Å². The van der Waals surface area contributed by atoms with Crippen LogP contribution in [0.5, 0.6) is 0 Å². The third-order valence-corrected chi connectivity index (χ3v) is 12.2. The average molecular weight is 832 g/mol. The number of fused-ring (bicyclic) bond motifs is 2. The number of hydrogen-bond acceptors (Lipinski definition) is 3. The Balaban J connectivity index is 0.944.